The fraction of sp³-hybridized carbons (Fsp3) is 0.647. The average molecular weight is 304 g/mol. The van der Waals surface area contributed by atoms with E-state index in [1.807, 2.05) is 31.4 Å². The molecule has 1 amide bonds. The maximum Gasteiger partial charge on any atom is 0.237 e. The maximum absolute atomic E-state index is 12.2. The third-order valence-corrected chi connectivity index (χ3v) is 4.52. The highest BCUT2D eigenvalue weighted by Crippen LogP contribution is 2.22. The number of aromatic nitrogens is 1. The molecule has 1 N–H and O–H groups in total. The van der Waals surface area contributed by atoms with Crippen LogP contribution in [-0.2, 0) is 4.79 Å². The van der Waals surface area contributed by atoms with Crippen molar-refractivity contribution in [1.82, 2.24) is 15.2 Å². The molecule has 0 radical (unpaired) electrons. The molecule has 1 aromatic heterocycles. The quantitative estimate of drug-likeness (QED) is 0.870. The van der Waals surface area contributed by atoms with Crippen LogP contribution in [0.3, 0.4) is 0 Å². The van der Waals surface area contributed by atoms with E-state index in [1.54, 1.807) is 0 Å². The normalized spacial score (nSPS) is 17.5. The summed E-state index contributed by atoms with van der Waals surface area (Å²) in [5.41, 5.74) is 1.25. The standard InChI is InChI=1S/C17H28N4O/c1-4-16(20(2)3)17(22)19-13-14-7-11-21(12-8-14)15-5-9-18-10-6-15/h5-6,9-10,14,16H,4,7-8,11-13H2,1-3H3,(H,19,22)/t16-/m1/s1. The Bertz CT molecular complexity index is 455. The van der Waals surface area contributed by atoms with E-state index in [9.17, 15) is 4.79 Å². The highest BCUT2D eigenvalue weighted by molar-refractivity contribution is 5.81. The third-order valence-electron chi connectivity index (χ3n) is 4.52. The van der Waals surface area contributed by atoms with Gasteiger partial charge in [0.15, 0.2) is 0 Å². The first kappa shape index (κ1) is 16.7. The number of hydrogen-bond donors (Lipinski definition) is 1. The van der Waals surface area contributed by atoms with Crippen molar-refractivity contribution in [1.29, 1.82) is 0 Å². The van der Waals surface area contributed by atoms with E-state index in [0.717, 1.165) is 38.9 Å². The van der Waals surface area contributed by atoms with Crippen molar-refractivity contribution in [2.24, 2.45) is 5.92 Å². The smallest absolute Gasteiger partial charge is 0.237 e. The topological polar surface area (TPSA) is 48.5 Å². The van der Waals surface area contributed by atoms with Gasteiger partial charge in [0.05, 0.1) is 6.04 Å². The van der Waals surface area contributed by atoms with E-state index in [0.29, 0.717) is 5.92 Å². The largest absolute Gasteiger partial charge is 0.371 e. The minimum absolute atomic E-state index is 0.0168. The highest BCUT2D eigenvalue weighted by Gasteiger charge is 2.22. The van der Waals surface area contributed by atoms with Gasteiger partial charge in [-0.15, -0.1) is 0 Å². The van der Waals surface area contributed by atoms with Crippen molar-refractivity contribution in [3.05, 3.63) is 24.5 Å². The van der Waals surface area contributed by atoms with Crippen molar-refractivity contribution in [2.75, 3.05) is 38.6 Å². The first-order valence-corrected chi connectivity index (χ1v) is 8.21. The second-order valence-corrected chi connectivity index (χ2v) is 6.27. The van der Waals surface area contributed by atoms with Gasteiger partial charge in [0.1, 0.15) is 0 Å². The summed E-state index contributed by atoms with van der Waals surface area (Å²) in [6.07, 6.45) is 6.78. The van der Waals surface area contributed by atoms with E-state index in [4.69, 9.17) is 0 Å². The molecule has 22 heavy (non-hydrogen) atoms. The number of carbonyl (C=O) groups is 1. The number of piperidine rings is 1. The molecule has 2 rings (SSSR count). The molecule has 5 heteroatoms. The zero-order valence-electron chi connectivity index (χ0n) is 14.0. The van der Waals surface area contributed by atoms with Gasteiger partial charge in [0, 0.05) is 37.7 Å². The zero-order chi connectivity index (χ0) is 15.9. The fourth-order valence-corrected chi connectivity index (χ4v) is 3.10. The summed E-state index contributed by atoms with van der Waals surface area (Å²) in [5.74, 6) is 0.741. The summed E-state index contributed by atoms with van der Waals surface area (Å²) in [4.78, 5) is 20.6. The van der Waals surface area contributed by atoms with Crippen LogP contribution >= 0.6 is 0 Å². The van der Waals surface area contributed by atoms with Crippen LogP contribution in [0.5, 0.6) is 0 Å². The Morgan fingerprint density at radius 3 is 2.55 bits per heavy atom. The van der Waals surface area contributed by atoms with Gasteiger partial charge in [-0.1, -0.05) is 6.92 Å². The van der Waals surface area contributed by atoms with E-state index < -0.39 is 0 Å². The van der Waals surface area contributed by atoms with Crippen molar-refractivity contribution >= 4 is 11.6 Å². The predicted octanol–water partition coefficient (Wildman–Crippen LogP) is 1.75. The Morgan fingerprint density at radius 2 is 2.00 bits per heavy atom. The Labute approximate surface area is 133 Å². The lowest BCUT2D eigenvalue weighted by molar-refractivity contribution is -0.125. The van der Waals surface area contributed by atoms with Crippen LogP contribution in [0.2, 0.25) is 0 Å². The summed E-state index contributed by atoms with van der Waals surface area (Å²) in [6, 6.07) is 4.10. The minimum atomic E-state index is -0.0168. The molecule has 1 atom stereocenters. The molecule has 0 aliphatic carbocycles. The van der Waals surface area contributed by atoms with Gasteiger partial charge in [-0.3, -0.25) is 14.7 Å². The van der Waals surface area contributed by atoms with Crippen molar-refractivity contribution in [2.45, 2.75) is 32.2 Å². The van der Waals surface area contributed by atoms with Gasteiger partial charge in [-0.05, 0) is 51.4 Å². The molecule has 0 aromatic carbocycles. The fourth-order valence-electron chi connectivity index (χ4n) is 3.10. The summed E-state index contributed by atoms with van der Waals surface area (Å²) >= 11 is 0. The summed E-state index contributed by atoms with van der Waals surface area (Å²) in [5, 5.41) is 3.13. The molecule has 0 bridgehead atoms. The lowest BCUT2D eigenvalue weighted by atomic mass is 9.96. The second-order valence-electron chi connectivity index (χ2n) is 6.27. The summed E-state index contributed by atoms with van der Waals surface area (Å²) in [6.45, 7) is 4.95. The van der Waals surface area contributed by atoms with Gasteiger partial charge < -0.3 is 10.2 Å². The van der Waals surface area contributed by atoms with Crippen molar-refractivity contribution in [3.8, 4) is 0 Å². The molecule has 0 spiro atoms. The van der Waals surface area contributed by atoms with Crippen LogP contribution in [0.15, 0.2) is 24.5 Å². The molecule has 1 aliphatic heterocycles. The Morgan fingerprint density at radius 1 is 1.36 bits per heavy atom. The summed E-state index contributed by atoms with van der Waals surface area (Å²) in [7, 11) is 3.92. The zero-order valence-corrected chi connectivity index (χ0v) is 14.0. The molecule has 1 aliphatic rings. The van der Waals surface area contributed by atoms with E-state index in [-0.39, 0.29) is 11.9 Å². The molecule has 1 aromatic rings. The monoisotopic (exact) mass is 304 g/mol. The number of amides is 1. The van der Waals surface area contributed by atoms with Crippen LogP contribution in [0.1, 0.15) is 26.2 Å². The van der Waals surface area contributed by atoms with E-state index in [2.05, 4.69) is 34.3 Å². The molecule has 0 saturated carbocycles. The lowest BCUT2D eigenvalue weighted by Crippen LogP contribution is -2.45. The number of pyridine rings is 1. The Balaban J connectivity index is 1.75. The van der Waals surface area contributed by atoms with Gasteiger partial charge in [0.2, 0.25) is 5.91 Å². The predicted molar refractivity (Wildman–Crippen MR) is 89.9 cm³/mol. The molecule has 1 saturated heterocycles. The SMILES string of the molecule is CC[C@H](C(=O)NCC1CCN(c2ccncc2)CC1)N(C)C. The number of carbonyl (C=O) groups excluding carboxylic acids is 1. The number of hydrogen-bond acceptors (Lipinski definition) is 4. The first-order chi connectivity index (χ1) is 10.6. The van der Waals surface area contributed by atoms with Crippen molar-refractivity contribution in [3.63, 3.8) is 0 Å². The number of rotatable bonds is 6. The van der Waals surface area contributed by atoms with Gasteiger partial charge >= 0.3 is 0 Å². The molecule has 0 unspecified atom stereocenters. The van der Waals surface area contributed by atoms with Crippen LogP contribution in [0.25, 0.3) is 0 Å². The maximum atomic E-state index is 12.2. The molecule has 1 fully saturated rings. The Kier molecular flexibility index (Phi) is 6.19. The van der Waals surface area contributed by atoms with Gasteiger partial charge in [0.25, 0.3) is 0 Å². The molecule has 2 heterocycles. The highest BCUT2D eigenvalue weighted by atomic mass is 16.2. The van der Waals surface area contributed by atoms with Gasteiger partial charge in [-0.2, -0.15) is 0 Å². The van der Waals surface area contributed by atoms with Crippen molar-refractivity contribution < 1.29 is 4.79 Å². The average Bonchev–Trinajstić information content (AvgIpc) is 2.54. The third kappa shape index (κ3) is 4.44. The molecule has 122 valence electrons. The summed E-state index contributed by atoms with van der Waals surface area (Å²) < 4.78 is 0. The van der Waals surface area contributed by atoms with Crippen LogP contribution in [-0.4, -0.2) is 55.6 Å². The van der Waals surface area contributed by atoms with E-state index in [1.165, 1.54) is 5.69 Å². The first-order valence-electron chi connectivity index (χ1n) is 8.21. The lowest BCUT2D eigenvalue weighted by Gasteiger charge is -2.34. The molecule has 5 nitrogen and oxygen atoms in total. The van der Waals surface area contributed by atoms with Crippen LogP contribution in [0.4, 0.5) is 5.69 Å². The number of nitrogens with zero attached hydrogens (tertiary/aromatic N) is 3. The van der Waals surface area contributed by atoms with Crippen LogP contribution < -0.4 is 10.2 Å². The second kappa shape index (κ2) is 8.13. The Hall–Kier alpha value is -1.62. The van der Waals surface area contributed by atoms with Crippen LogP contribution in [0, 0.1) is 5.92 Å². The number of nitrogens with one attached hydrogen (secondary N) is 1. The number of anilines is 1. The minimum Gasteiger partial charge on any atom is -0.371 e. The molecular formula is C17H28N4O. The molecular weight excluding hydrogens is 276 g/mol. The number of likely N-dealkylation sites (N-methyl/N-ethyl adjacent to an activating group) is 1. The van der Waals surface area contributed by atoms with E-state index >= 15 is 0 Å². The van der Waals surface area contributed by atoms with Gasteiger partial charge in [-0.25, -0.2) is 0 Å².